The largest absolute Gasteiger partial charge is 0.587 e. The first kappa shape index (κ1) is 48.4. The monoisotopic (exact) mass is 988 g/mol. The number of sulfone groups is 1. The number of hydrogen-bond donors (Lipinski definition) is 0. The van der Waals surface area contributed by atoms with E-state index in [2.05, 4.69) is 41.5 Å². The second-order valence-corrected chi connectivity index (χ2v) is 26.5. The molecule has 4 aliphatic carbocycles. The average Bonchev–Trinajstić information content (AvgIpc) is 3.68. The second kappa shape index (κ2) is 18.9. The van der Waals surface area contributed by atoms with Crippen molar-refractivity contribution in [1.82, 2.24) is 0 Å². The van der Waals surface area contributed by atoms with Gasteiger partial charge in [-0.25, -0.2) is 32.5 Å². The smallest absolute Gasteiger partial charge is 0.395 e. The Morgan fingerprint density at radius 3 is 1.52 bits per heavy atom. The molecule has 2 spiro atoms. The van der Waals surface area contributed by atoms with Gasteiger partial charge in [0.2, 0.25) is 0 Å². The number of benzene rings is 3. The van der Waals surface area contributed by atoms with Crippen LogP contribution in [0.25, 0.3) is 0 Å². The van der Waals surface area contributed by atoms with Gasteiger partial charge in [0.1, 0.15) is 22.7 Å². The van der Waals surface area contributed by atoms with Crippen molar-refractivity contribution >= 4 is 17.7 Å². The Morgan fingerprint density at radius 1 is 0.594 bits per heavy atom. The number of fused-ring (bicyclic) bond motifs is 4. The molecule has 0 N–H and O–H groups in total. The summed E-state index contributed by atoms with van der Waals surface area (Å²) in [6, 6.07) is 24.2. The third-order valence-electron chi connectivity index (χ3n) is 18.9. The molecule has 69 heavy (non-hydrogen) atoms. The molecule has 6 saturated heterocycles. The van der Waals surface area contributed by atoms with Gasteiger partial charge in [0, 0.05) is 0 Å². The summed E-state index contributed by atoms with van der Waals surface area (Å²) in [6.07, 6.45) is 8.85. The molecule has 10 aliphatic rings. The highest BCUT2D eigenvalue weighted by molar-refractivity contribution is 7.91. The van der Waals surface area contributed by atoms with Crippen LogP contribution in [-0.4, -0.2) is 62.0 Å². The average molecular weight is 989 g/mol. The third kappa shape index (κ3) is 8.77. The fourth-order valence-corrected chi connectivity index (χ4v) is 18.0. The Hall–Kier alpha value is -2.84. The molecule has 6 heterocycles. The van der Waals surface area contributed by atoms with Crippen LogP contribution >= 0.6 is 7.82 Å². The zero-order valence-corrected chi connectivity index (χ0v) is 42.8. The zero-order valence-electron chi connectivity index (χ0n) is 41.1. The molecule has 13 rings (SSSR count). The van der Waals surface area contributed by atoms with Gasteiger partial charge in [-0.15, -0.1) is 0 Å². The summed E-state index contributed by atoms with van der Waals surface area (Å²) in [5.74, 6) is 3.48. The summed E-state index contributed by atoms with van der Waals surface area (Å²) in [4.78, 5) is 26.0. The Balaban J connectivity index is 0.861. The predicted octanol–water partition coefficient (Wildman–Crippen LogP) is 11.8. The first-order chi connectivity index (χ1) is 33.2. The van der Waals surface area contributed by atoms with Crippen LogP contribution in [0.5, 0.6) is 11.5 Å². The van der Waals surface area contributed by atoms with E-state index in [-0.39, 0.29) is 83.5 Å². The normalized spacial score (nSPS) is 41.8. The first-order valence-electron chi connectivity index (χ1n) is 26.2. The number of ether oxygens (including phenoxy) is 2. The minimum Gasteiger partial charge on any atom is -0.395 e. The molecule has 14 heteroatoms. The summed E-state index contributed by atoms with van der Waals surface area (Å²) in [6.45, 7) is 13.8. The molecule has 3 aromatic carbocycles. The standard InChI is InChI=1S/C55H73O12PS/c1-33-17-23-44-37(5)50(60-52-25-35(3)48-29-46(33)54(44,52)66-62-48)27-40(28-51-38(6)45-24-18-34(2)47-30-49-36(4)26-53(61-51)55(45,47)67-63-49)32-69(57,58)43-21-19-39(20-22-43)31-59-68(56,64-41-13-9-7-10-14-41)65-42-15-11-8-12-16-42/h7-16,19-22,33-38,40,44-53H,17-18,23-32H2,1-6H3/t33-,34-,35-,36-,37-,38-,44+,45+,46+,47+,48+,49+,50-,51-,52-,53-,54+,55+/m1/s1. The highest BCUT2D eigenvalue weighted by atomic mass is 32.2. The van der Waals surface area contributed by atoms with Gasteiger partial charge in [-0.3, -0.25) is 4.52 Å². The Bertz CT molecular complexity index is 2300. The van der Waals surface area contributed by atoms with Crippen molar-refractivity contribution in [2.24, 2.45) is 65.1 Å². The van der Waals surface area contributed by atoms with Crippen LogP contribution in [0.4, 0.5) is 0 Å². The lowest BCUT2D eigenvalue weighted by Gasteiger charge is -2.61. The Kier molecular flexibility index (Phi) is 13.3. The van der Waals surface area contributed by atoms with E-state index in [1.807, 2.05) is 12.1 Å². The van der Waals surface area contributed by atoms with Crippen molar-refractivity contribution in [3.05, 3.63) is 90.5 Å². The predicted molar refractivity (Wildman–Crippen MR) is 258 cm³/mol. The van der Waals surface area contributed by atoms with Gasteiger partial charge in [0.15, 0.2) is 9.84 Å². The Morgan fingerprint density at radius 2 is 1.06 bits per heavy atom. The summed E-state index contributed by atoms with van der Waals surface area (Å²) in [7, 11) is -7.99. The molecule has 6 aliphatic heterocycles. The number of rotatable bonds is 14. The number of phosphoric acid groups is 1. The number of para-hydroxylation sites is 2. The third-order valence-corrected chi connectivity index (χ3v) is 22.1. The van der Waals surface area contributed by atoms with Gasteiger partial charge >= 0.3 is 7.82 Å². The van der Waals surface area contributed by atoms with Crippen LogP contribution in [0.15, 0.2) is 89.8 Å². The van der Waals surface area contributed by atoms with E-state index in [0.29, 0.717) is 65.4 Å². The molecule has 12 nitrogen and oxygen atoms in total. The summed E-state index contributed by atoms with van der Waals surface area (Å²) in [5, 5.41) is 0. The van der Waals surface area contributed by atoms with Crippen LogP contribution in [-0.2, 0) is 54.6 Å². The van der Waals surface area contributed by atoms with Crippen LogP contribution in [0.3, 0.4) is 0 Å². The first-order valence-corrected chi connectivity index (χ1v) is 29.3. The van der Waals surface area contributed by atoms with Crippen molar-refractivity contribution in [1.29, 1.82) is 0 Å². The van der Waals surface area contributed by atoms with Gasteiger partial charge < -0.3 is 18.5 Å². The van der Waals surface area contributed by atoms with E-state index < -0.39 is 28.9 Å². The van der Waals surface area contributed by atoms with Gasteiger partial charge in [-0.2, -0.15) is 0 Å². The maximum Gasteiger partial charge on any atom is 0.587 e. The van der Waals surface area contributed by atoms with Crippen LogP contribution < -0.4 is 9.05 Å². The maximum absolute atomic E-state index is 14.9. The zero-order chi connectivity index (χ0) is 47.9. The van der Waals surface area contributed by atoms with Crippen LogP contribution in [0.1, 0.15) is 111 Å². The lowest BCUT2D eigenvalue weighted by Crippen LogP contribution is -2.68. The molecule has 3 aromatic rings. The molecule has 18 atom stereocenters. The molecule has 0 amide bonds. The molecule has 10 fully saturated rings. The molecule has 4 bridgehead atoms. The number of phosphoric ester groups is 1. The lowest BCUT2D eigenvalue weighted by molar-refractivity contribution is -0.466. The van der Waals surface area contributed by atoms with Crippen molar-refractivity contribution in [3.8, 4) is 11.5 Å². The van der Waals surface area contributed by atoms with Crippen molar-refractivity contribution < 1.29 is 55.6 Å². The van der Waals surface area contributed by atoms with Crippen LogP contribution in [0.2, 0.25) is 0 Å². The fourth-order valence-electron chi connectivity index (χ4n) is 15.1. The second-order valence-electron chi connectivity index (χ2n) is 22.9. The van der Waals surface area contributed by atoms with Crippen molar-refractivity contribution in [2.45, 2.75) is 165 Å². The topological polar surface area (TPSA) is 134 Å². The molecule has 4 saturated carbocycles. The van der Waals surface area contributed by atoms with E-state index >= 15 is 0 Å². The number of hydrogen-bond acceptors (Lipinski definition) is 12. The molecule has 0 aromatic heterocycles. The van der Waals surface area contributed by atoms with Crippen molar-refractivity contribution in [3.63, 3.8) is 0 Å². The molecule has 376 valence electrons. The quantitative estimate of drug-likeness (QED) is 0.112. The summed E-state index contributed by atoms with van der Waals surface area (Å²) in [5.41, 5.74) is -0.358. The molecular formula is C55H73O12PS. The minimum absolute atomic E-state index is 0.0521. The Labute approximate surface area is 409 Å². The van der Waals surface area contributed by atoms with Crippen molar-refractivity contribution in [2.75, 3.05) is 5.75 Å². The van der Waals surface area contributed by atoms with Gasteiger partial charge in [-0.1, -0.05) is 90.1 Å². The molecular weight excluding hydrogens is 916 g/mol. The molecule has 0 radical (unpaired) electrons. The summed E-state index contributed by atoms with van der Waals surface area (Å²) >= 11 is 0. The van der Waals surface area contributed by atoms with Gasteiger partial charge in [0.05, 0.1) is 53.9 Å². The lowest BCUT2D eigenvalue weighted by atomic mass is 9.55. The highest BCUT2D eigenvalue weighted by Crippen LogP contribution is 2.63. The van der Waals surface area contributed by atoms with E-state index in [1.54, 1.807) is 72.8 Å². The summed E-state index contributed by atoms with van der Waals surface area (Å²) < 4.78 is 76.2. The van der Waals surface area contributed by atoms with Gasteiger partial charge in [0.25, 0.3) is 0 Å². The minimum atomic E-state index is -4.17. The SMILES string of the molecule is C[C@H]1[C@@H](CC(C[C@H]2O[C@@H]3C[C@@H](C)[C@@H]4C[C@H]5[C@H](C)CC[C@@H]([C@H]2C)[C@@]35OO4)CS(=O)(=O)c2ccc(COP(=O)(Oc3ccccc3)Oc3ccccc3)cc2)O[C@@H]2C[C@@H](C)[C@@H]3C[C@H]4[C@H](C)CC[C@@H]1[C@@]24OO3. The highest BCUT2D eigenvalue weighted by Gasteiger charge is 2.69. The maximum atomic E-state index is 14.9. The van der Waals surface area contributed by atoms with E-state index in [1.165, 1.54) is 0 Å². The fraction of sp³-hybridized carbons (Fsp3) is 0.673. The molecule has 0 unspecified atom stereocenters. The van der Waals surface area contributed by atoms with E-state index in [4.69, 9.17) is 42.6 Å². The van der Waals surface area contributed by atoms with Crippen LogP contribution in [0, 0.1) is 65.1 Å². The van der Waals surface area contributed by atoms with E-state index in [0.717, 1.165) is 51.4 Å². The van der Waals surface area contributed by atoms with Gasteiger partial charge in [-0.05, 0) is 171 Å². The van der Waals surface area contributed by atoms with E-state index in [9.17, 15) is 13.0 Å².